The highest BCUT2D eigenvalue weighted by molar-refractivity contribution is 5.95. The van der Waals surface area contributed by atoms with E-state index in [4.69, 9.17) is 4.74 Å². The monoisotopic (exact) mass is 311 g/mol. The lowest BCUT2D eigenvalue weighted by molar-refractivity contribution is -0.122. The van der Waals surface area contributed by atoms with Crippen molar-refractivity contribution in [3.63, 3.8) is 0 Å². The van der Waals surface area contributed by atoms with Crippen LogP contribution >= 0.6 is 0 Å². The number of ether oxygens (including phenoxy) is 1. The first-order valence-electron chi connectivity index (χ1n) is 8.02. The van der Waals surface area contributed by atoms with Crippen LogP contribution < -0.4 is 10.1 Å². The molecule has 0 saturated heterocycles. The number of nitrogens with one attached hydrogen (secondary N) is 1. The van der Waals surface area contributed by atoms with Crippen molar-refractivity contribution in [1.29, 1.82) is 0 Å². The highest BCUT2D eigenvalue weighted by Gasteiger charge is 2.19. The molecular formula is C20H25NO2. The molecule has 0 spiro atoms. The lowest BCUT2D eigenvalue weighted by Crippen LogP contribution is -2.32. The van der Waals surface area contributed by atoms with E-state index >= 15 is 0 Å². The molecule has 0 heterocycles. The third-order valence-corrected chi connectivity index (χ3v) is 3.78. The first-order valence-corrected chi connectivity index (χ1v) is 8.02. The zero-order valence-electron chi connectivity index (χ0n) is 14.6. The van der Waals surface area contributed by atoms with E-state index in [9.17, 15) is 4.79 Å². The highest BCUT2D eigenvalue weighted by Crippen LogP contribution is 2.20. The van der Waals surface area contributed by atoms with Gasteiger partial charge in [-0.15, -0.1) is 0 Å². The molecule has 0 aliphatic heterocycles. The van der Waals surface area contributed by atoms with Gasteiger partial charge < -0.3 is 10.1 Å². The van der Waals surface area contributed by atoms with Gasteiger partial charge in [0.2, 0.25) is 0 Å². The molecule has 2 rings (SSSR count). The average Bonchev–Trinajstić information content (AvgIpc) is 2.46. The Labute approximate surface area is 138 Å². The summed E-state index contributed by atoms with van der Waals surface area (Å²) in [5.74, 6) is 0.628. The molecule has 3 nitrogen and oxygen atoms in total. The van der Waals surface area contributed by atoms with Crippen molar-refractivity contribution < 1.29 is 9.53 Å². The first-order chi connectivity index (χ1) is 10.9. The van der Waals surface area contributed by atoms with Crippen LogP contribution in [0.1, 0.15) is 35.6 Å². The molecule has 1 N–H and O–H groups in total. The molecule has 1 amide bonds. The number of rotatable bonds is 5. The van der Waals surface area contributed by atoms with Gasteiger partial charge in [0.1, 0.15) is 5.75 Å². The standard InChI is InChI=1S/C20H25NO2/c1-6-19(23-17-11-14(3)9-15(4)12-17)20(22)21-18-8-7-13(2)10-16(18)5/h7-12,19H,6H2,1-5H3,(H,21,22)/t19-/m1/s1. The van der Waals surface area contributed by atoms with Gasteiger partial charge in [-0.2, -0.15) is 0 Å². The van der Waals surface area contributed by atoms with Crippen LogP contribution in [0.15, 0.2) is 36.4 Å². The van der Waals surface area contributed by atoms with Gasteiger partial charge in [0.15, 0.2) is 6.10 Å². The molecule has 0 fully saturated rings. The van der Waals surface area contributed by atoms with E-state index in [1.807, 2.05) is 58.9 Å². The Kier molecular flexibility index (Phi) is 5.43. The fraction of sp³-hybridized carbons (Fsp3) is 0.350. The minimum Gasteiger partial charge on any atom is -0.481 e. The van der Waals surface area contributed by atoms with E-state index in [-0.39, 0.29) is 5.91 Å². The minimum atomic E-state index is -0.503. The van der Waals surface area contributed by atoms with E-state index in [0.717, 1.165) is 28.1 Å². The van der Waals surface area contributed by atoms with E-state index in [1.54, 1.807) is 0 Å². The van der Waals surface area contributed by atoms with Crippen molar-refractivity contribution in [2.75, 3.05) is 5.32 Å². The Morgan fingerprint density at radius 1 is 1.00 bits per heavy atom. The summed E-state index contributed by atoms with van der Waals surface area (Å²) in [5, 5.41) is 2.97. The van der Waals surface area contributed by atoms with E-state index in [0.29, 0.717) is 6.42 Å². The Morgan fingerprint density at radius 3 is 2.22 bits per heavy atom. The molecule has 0 aliphatic rings. The van der Waals surface area contributed by atoms with Gasteiger partial charge in [-0.25, -0.2) is 0 Å². The zero-order valence-corrected chi connectivity index (χ0v) is 14.6. The summed E-state index contributed by atoms with van der Waals surface area (Å²) < 4.78 is 5.91. The van der Waals surface area contributed by atoms with E-state index < -0.39 is 6.10 Å². The molecule has 0 saturated carbocycles. The molecule has 2 aromatic carbocycles. The summed E-state index contributed by atoms with van der Waals surface area (Å²) in [6, 6.07) is 12.0. The third-order valence-electron chi connectivity index (χ3n) is 3.78. The van der Waals surface area contributed by atoms with Crippen LogP contribution in [0.3, 0.4) is 0 Å². The molecule has 0 aliphatic carbocycles. The summed E-state index contributed by atoms with van der Waals surface area (Å²) in [4.78, 5) is 12.5. The molecule has 0 radical (unpaired) electrons. The molecule has 2 aromatic rings. The van der Waals surface area contributed by atoms with Gasteiger partial charge in [0.05, 0.1) is 0 Å². The molecule has 1 atom stereocenters. The summed E-state index contributed by atoms with van der Waals surface area (Å²) in [6.07, 6.45) is 0.112. The fourth-order valence-corrected chi connectivity index (χ4v) is 2.65. The number of carbonyl (C=O) groups excluding carboxylic acids is 1. The number of carbonyl (C=O) groups is 1. The summed E-state index contributed by atoms with van der Waals surface area (Å²) in [5.41, 5.74) is 5.33. The Bertz CT molecular complexity index is 687. The average molecular weight is 311 g/mol. The normalized spacial score (nSPS) is 11.9. The molecule has 0 bridgehead atoms. The van der Waals surface area contributed by atoms with Crippen molar-refractivity contribution in [3.05, 3.63) is 58.7 Å². The maximum absolute atomic E-state index is 12.5. The van der Waals surface area contributed by atoms with Crippen LogP contribution in [0.5, 0.6) is 5.75 Å². The smallest absolute Gasteiger partial charge is 0.265 e. The van der Waals surface area contributed by atoms with Gasteiger partial charge >= 0.3 is 0 Å². The molecule has 3 heteroatoms. The second-order valence-electron chi connectivity index (χ2n) is 6.15. The quantitative estimate of drug-likeness (QED) is 0.868. The lowest BCUT2D eigenvalue weighted by atomic mass is 10.1. The number of aryl methyl sites for hydroxylation is 4. The lowest BCUT2D eigenvalue weighted by Gasteiger charge is -2.19. The first kappa shape index (κ1) is 17.1. The number of amides is 1. The Balaban J connectivity index is 2.12. The number of anilines is 1. The van der Waals surface area contributed by atoms with Crippen molar-refractivity contribution >= 4 is 11.6 Å². The van der Waals surface area contributed by atoms with Gasteiger partial charge in [-0.05, 0) is 69.0 Å². The van der Waals surface area contributed by atoms with Gasteiger partial charge in [0.25, 0.3) is 5.91 Å². The van der Waals surface area contributed by atoms with Crippen molar-refractivity contribution in [1.82, 2.24) is 0 Å². The Morgan fingerprint density at radius 2 is 1.65 bits per heavy atom. The van der Waals surface area contributed by atoms with Gasteiger partial charge in [0, 0.05) is 5.69 Å². The second kappa shape index (κ2) is 7.32. The van der Waals surface area contributed by atoms with E-state index in [1.165, 1.54) is 5.56 Å². The number of hydrogen-bond donors (Lipinski definition) is 1. The summed E-state index contributed by atoms with van der Waals surface area (Å²) in [7, 11) is 0. The van der Waals surface area contributed by atoms with E-state index in [2.05, 4.69) is 17.4 Å². The SMILES string of the molecule is CC[C@@H](Oc1cc(C)cc(C)c1)C(=O)Nc1ccc(C)cc1C. The highest BCUT2D eigenvalue weighted by atomic mass is 16.5. The number of hydrogen-bond acceptors (Lipinski definition) is 2. The van der Waals surface area contributed by atoms with Gasteiger partial charge in [-0.3, -0.25) is 4.79 Å². The van der Waals surface area contributed by atoms with Crippen molar-refractivity contribution in [2.45, 2.75) is 47.1 Å². The van der Waals surface area contributed by atoms with Crippen LogP contribution in [-0.2, 0) is 4.79 Å². The summed E-state index contributed by atoms with van der Waals surface area (Å²) >= 11 is 0. The maximum atomic E-state index is 12.5. The van der Waals surface area contributed by atoms with Crippen LogP contribution in [0.25, 0.3) is 0 Å². The maximum Gasteiger partial charge on any atom is 0.265 e. The topological polar surface area (TPSA) is 38.3 Å². The molecule has 0 aromatic heterocycles. The third kappa shape index (κ3) is 4.59. The predicted octanol–water partition coefficient (Wildman–Crippen LogP) is 4.72. The molecule has 122 valence electrons. The largest absolute Gasteiger partial charge is 0.481 e. The number of benzene rings is 2. The minimum absolute atomic E-state index is 0.112. The predicted molar refractivity (Wildman–Crippen MR) is 95.2 cm³/mol. The van der Waals surface area contributed by atoms with Crippen LogP contribution in [-0.4, -0.2) is 12.0 Å². The van der Waals surface area contributed by atoms with Crippen molar-refractivity contribution in [3.8, 4) is 5.75 Å². The Hall–Kier alpha value is -2.29. The molecule has 0 unspecified atom stereocenters. The summed E-state index contributed by atoms with van der Waals surface area (Å²) in [6.45, 7) is 10.0. The van der Waals surface area contributed by atoms with Crippen LogP contribution in [0.4, 0.5) is 5.69 Å². The van der Waals surface area contributed by atoms with Crippen molar-refractivity contribution in [2.24, 2.45) is 0 Å². The second-order valence-corrected chi connectivity index (χ2v) is 6.15. The van der Waals surface area contributed by atoms with Gasteiger partial charge in [-0.1, -0.05) is 30.7 Å². The molecular weight excluding hydrogens is 286 g/mol. The van der Waals surface area contributed by atoms with Crippen LogP contribution in [0, 0.1) is 27.7 Å². The zero-order chi connectivity index (χ0) is 17.0. The molecule has 23 heavy (non-hydrogen) atoms. The van der Waals surface area contributed by atoms with Crippen LogP contribution in [0.2, 0.25) is 0 Å². The fourth-order valence-electron chi connectivity index (χ4n) is 2.65.